The van der Waals surface area contributed by atoms with E-state index in [1.807, 2.05) is 0 Å². The van der Waals surface area contributed by atoms with E-state index < -0.39 is 5.63 Å². The number of hydrogen-bond donors (Lipinski definition) is 2. The van der Waals surface area contributed by atoms with Crippen LogP contribution in [0, 0.1) is 0 Å². The summed E-state index contributed by atoms with van der Waals surface area (Å²) >= 11 is 0. The maximum atomic E-state index is 10.1. The smallest absolute Gasteiger partial charge is 0.357 e. The van der Waals surface area contributed by atoms with Crippen LogP contribution in [0.4, 0.5) is 0 Å². The summed E-state index contributed by atoms with van der Waals surface area (Å²) in [6.45, 7) is -0.189. The number of hydrogen-bond acceptors (Lipinski definition) is 3. The second kappa shape index (κ2) is 1.83. The van der Waals surface area contributed by atoms with Crippen molar-refractivity contribution in [3.63, 3.8) is 0 Å². The Balaban J connectivity index is 3.01. The first-order valence-electron chi connectivity index (χ1n) is 2.11. The molecule has 0 aliphatic carbocycles. The van der Waals surface area contributed by atoms with E-state index in [-0.39, 0.29) is 6.61 Å². The third kappa shape index (κ3) is 0.788. The summed E-state index contributed by atoms with van der Waals surface area (Å²) in [5.41, 5.74) is -0.0657. The van der Waals surface area contributed by atoms with E-state index in [4.69, 9.17) is 5.11 Å². The second-order valence-corrected chi connectivity index (χ2v) is 1.35. The van der Waals surface area contributed by atoms with Crippen LogP contribution < -0.4 is 5.63 Å². The summed E-state index contributed by atoms with van der Waals surface area (Å²) in [6.07, 6.45) is 0. The number of aromatic amines is 1. The van der Waals surface area contributed by atoms with Gasteiger partial charge in [-0.1, -0.05) is 0 Å². The first-order valence-corrected chi connectivity index (χ1v) is 2.11. The van der Waals surface area contributed by atoms with Gasteiger partial charge in [0.15, 0.2) is 0 Å². The lowest BCUT2D eigenvalue weighted by Crippen LogP contribution is -1.86. The van der Waals surface area contributed by atoms with Gasteiger partial charge in [0.25, 0.3) is 0 Å². The summed E-state index contributed by atoms with van der Waals surface area (Å²) in [4.78, 5) is 10.1. The summed E-state index contributed by atoms with van der Waals surface area (Å²) in [7, 11) is 0. The third-order valence-electron chi connectivity index (χ3n) is 0.745. The van der Waals surface area contributed by atoms with Crippen LogP contribution in [0.15, 0.2) is 15.4 Å². The molecule has 1 heterocycles. The fourth-order valence-electron chi connectivity index (χ4n) is 0.395. The van der Waals surface area contributed by atoms with Crippen molar-refractivity contribution in [2.24, 2.45) is 0 Å². The molecule has 0 saturated heterocycles. The normalized spacial score (nSPS) is 9.62. The highest BCUT2D eigenvalue weighted by molar-refractivity contribution is 4.92. The molecular weight excluding hydrogens is 110 g/mol. The van der Waals surface area contributed by atoms with Crippen LogP contribution in [0.1, 0.15) is 5.69 Å². The second-order valence-electron chi connectivity index (χ2n) is 1.35. The van der Waals surface area contributed by atoms with Gasteiger partial charge in [0.2, 0.25) is 0 Å². The predicted octanol–water partition coefficient (Wildman–Crippen LogP) is -0.540. The number of rotatable bonds is 1. The van der Waals surface area contributed by atoms with Gasteiger partial charge in [-0.3, -0.25) is 0 Å². The van der Waals surface area contributed by atoms with Crippen molar-refractivity contribution in [3.8, 4) is 0 Å². The van der Waals surface area contributed by atoms with Crippen molar-refractivity contribution in [1.29, 1.82) is 0 Å². The minimum Gasteiger partial charge on any atom is -0.390 e. The maximum absolute atomic E-state index is 10.1. The Morgan fingerprint density at radius 3 is 2.88 bits per heavy atom. The molecule has 1 aromatic heterocycles. The Kier molecular flexibility index (Phi) is 1.17. The molecule has 0 aliphatic rings. The SMILES string of the molecule is O=c1cc(CO)[nH]o1. The van der Waals surface area contributed by atoms with Gasteiger partial charge in [-0.2, -0.15) is 0 Å². The molecule has 2 N–H and O–H groups in total. The first-order chi connectivity index (χ1) is 3.83. The van der Waals surface area contributed by atoms with Crippen LogP contribution in [-0.4, -0.2) is 10.3 Å². The Hall–Kier alpha value is -1.03. The zero-order valence-electron chi connectivity index (χ0n) is 4.05. The number of aliphatic hydroxyl groups excluding tert-OH is 1. The van der Waals surface area contributed by atoms with Gasteiger partial charge < -0.3 is 9.63 Å². The quantitative estimate of drug-likeness (QED) is 0.516. The van der Waals surface area contributed by atoms with E-state index in [2.05, 4.69) is 9.68 Å². The summed E-state index contributed by atoms with van der Waals surface area (Å²) in [6, 6.07) is 1.19. The van der Waals surface area contributed by atoms with E-state index in [9.17, 15) is 4.79 Å². The van der Waals surface area contributed by atoms with E-state index in [1.54, 1.807) is 0 Å². The lowest BCUT2D eigenvalue weighted by atomic mass is 10.5. The van der Waals surface area contributed by atoms with Crippen molar-refractivity contribution in [1.82, 2.24) is 5.16 Å². The van der Waals surface area contributed by atoms with Crippen LogP contribution in [0.3, 0.4) is 0 Å². The van der Waals surface area contributed by atoms with E-state index in [1.165, 1.54) is 6.07 Å². The lowest BCUT2D eigenvalue weighted by molar-refractivity contribution is 0.265. The molecule has 0 aliphatic heterocycles. The number of aliphatic hydroxyl groups is 1. The van der Waals surface area contributed by atoms with E-state index >= 15 is 0 Å². The van der Waals surface area contributed by atoms with Crippen LogP contribution in [0.5, 0.6) is 0 Å². The third-order valence-corrected chi connectivity index (χ3v) is 0.745. The summed E-state index contributed by atoms with van der Waals surface area (Å²) in [5.74, 6) is 0. The van der Waals surface area contributed by atoms with Crippen LogP contribution >= 0.6 is 0 Å². The Labute approximate surface area is 44.7 Å². The summed E-state index contributed by atoms with van der Waals surface area (Å²) < 4.78 is 4.21. The Morgan fingerprint density at radius 2 is 2.62 bits per heavy atom. The fraction of sp³-hybridized carbons (Fsp3) is 0.250. The van der Waals surface area contributed by atoms with Gasteiger partial charge in [-0.15, -0.1) is 0 Å². The van der Waals surface area contributed by atoms with Crippen molar-refractivity contribution >= 4 is 0 Å². The molecule has 8 heavy (non-hydrogen) atoms. The molecule has 0 fully saturated rings. The van der Waals surface area contributed by atoms with Crippen molar-refractivity contribution in [2.75, 3.05) is 0 Å². The predicted molar refractivity (Wildman–Crippen MR) is 25.3 cm³/mol. The zero-order valence-corrected chi connectivity index (χ0v) is 4.05. The van der Waals surface area contributed by atoms with Gasteiger partial charge in [0.1, 0.15) is 0 Å². The van der Waals surface area contributed by atoms with Crippen molar-refractivity contribution in [2.45, 2.75) is 6.61 Å². The van der Waals surface area contributed by atoms with Crippen LogP contribution in [-0.2, 0) is 6.61 Å². The molecule has 0 bridgehead atoms. The molecule has 0 aromatic carbocycles. The molecule has 0 radical (unpaired) electrons. The average molecular weight is 115 g/mol. The number of H-pyrrole nitrogens is 1. The Morgan fingerprint density at radius 1 is 1.88 bits per heavy atom. The van der Waals surface area contributed by atoms with Gasteiger partial charge in [-0.05, 0) is 0 Å². The first kappa shape index (κ1) is 5.11. The van der Waals surface area contributed by atoms with Gasteiger partial charge >= 0.3 is 5.63 Å². The topological polar surface area (TPSA) is 66.2 Å². The van der Waals surface area contributed by atoms with Crippen LogP contribution in [0.25, 0.3) is 0 Å². The van der Waals surface area contributed by atoms with Crippen molar-refractivity contribution < 1.29 is 9.63 Å². The molecule has 0 unspecified atom stereocenters. The maximum Gasteiger partial charge on any atom is 0.357 e. The summed E-state index contributed by atoms with van der Waals surface area (Å²) in [5, 5.41) is 10.5. The molecule has 44 valence electrons. The van der Waals surface area contributed by atoms with Gasteiger partial charge in [0, 0.05) is 0 Å². The minimum absolute atomic E-state index is 0.189. The number of nitrogens with one attached hydrogen (secondary N) is 1. The monoisotopic (exact) mass is 115 g/mol. The highest BCUT2D eigenvalue weighted by Gasteiger charge is 1.91. The molecule has 0 spiro atoms. The molecule has 4 nitrogen and oxygen atoms in total. The molecule has 1 aromatic rings. The molecule has 1 rings (SSSR count). The highest BCUT2D eigenvalue weighted by Crippen LogP contribution is 1.84. The molecule has 0 atom stereocenters. The fourth-order valence-corrected chi connectivity index (χ4v) is 0.395. The van der Waals surface area contributed by atoms with Crippen molar-refractivity contribution in [3.05, 3.63) is 22.2 Å². The molecule has 4 heteroatoms. The minimum atomic E-state index is -0.464. The zero-order chi connectivity index (χ0) is 5.98. The lowest BCUT2D eigenvalue weighted by Gasteiger charge is -1.77. The standard InChI is InChI=1S/C4H5NO3/c6-2-3-1-4(7)8-5-3/h1,5-6H,2H2. The van der Waals surface area contributed by atoms with E-state index in [0.29, 0.717) is 5.69 Å². The molecule has 0 amide bonds. The van der Waals surface area contributed by atoms with Gasteiger partial charge in [0.05, 0.1) is 18.4 Å². The molecule has 0 saturated carbocycles. The van der Waals surface area contributed by atoms with E-state index in [0.717, 1.165) is 0 Å². The largest absolute Gasteiger partial charge is 0.390 e. The average Bonchev–Trinajstić information content (AvgIpc) is 2.14. The van der Waals surface area contributed by atoms with Crippen LogP contribution in [0.2, 0.25) is 0 Å². The Bertz CT molecular complexity index is 211. The number of aromatic nitrogens is 1. The highest BCUT2D eigenvalue weighted by atomic mass is 16.5. The molecular formula is C4H5NO3. The van der Waals surface area contributed by atoms with Gasteiger partial charge in [-0.25, -0.2) is 9.95 Å².